The van der Waals surface area contributed by atoms with Crippen LogP contribution < -0.4 is 10.2 Å². The minimum atomic E-state index is -1.56. The van der Waals surface area contributed by atoms with E-state index in [2.05, 4.69) is 15.0 Å². The van der Waals surface area contributed by atoms with Gasteiger partial charge >= 0.3 is 10.8 Å². The van der Waals surface area contributed by atoms with E-state index >= 15 is 0 Å². The molecule has 1 unspecified atom stereocenters. The van der Waals surface area contributed by atoms with Crippen LogP contribution in [0.5, 0.6) is 0 Å². The Morgan fingerprint density at radius 1 is 1.75 bits per heavy atom. The quantitative estimate of drug-likeness (QED) is 0.606. The van der Waals surface area contributed by atoms with Crippen LogP contribution in [0.15, 0.2) is 10.2 Å². The van der Waals surface area contributed by atoms with Gasteiger partial charge in [-0.1, -0.05) is 11.3 Å². The van der Waals surface area contributed by atoms with Gasteiger partial charge in [-0.2, -0.15) is 0 Å². The molecule has 0 spiro atoms. The highest BCUT2D eigenvalue weighted by atomic mass is 32.1. The van der Waals surface area contributed by atoms with E-state index in [-0.39, 0.29) is 11.4 Å². The predicted octanol–water partition coefficient (Wildman–Crippen LogP) is -0.550. The molecule has 90 valence electrons. The Hall–Kier alpha value is -1.18. The van der Waals surface area contributed by atoms with Crippen LogP contribution >= 0.6 is 11.3 Å². The molecular weight excluding hydrogens is 232 g/mol. The first-order valence-corrected chi connectivity index (χ1v) is 5.52. The van der Waals surface area contributed by atoms with Gasteiger partial charge in [0.2, 0.25) is 0 Å². The number of rotatable bonds is 5. The normalized spacial score (nSPS) is 14.4. The van der Waals surface area contributed by atoms with Crippen molar-refractivity contribution in [1.29, 1.82) is 0 Å². The number of hydrogen-bond acceptors (Lipinski definition) is 6. The highest BCUT2D eigenvalue weighted by Crippen LogP contribution is 2.04. The van der Waals surface area contributed by atoms with Gasteiger partial charge in [-0.05, 0) is 6.92 Å². The van der Waals surface area contributed by atoms with Gasteiger partial charge in [0.25, 0.3) is 0 Å². The maximum atomic E-state index is 11.1. The van der Waals surface area contributed by atoms with Crippen molar-refractivity contribution in [3.63, 3.8) is 0 Å². The van der Waals surface area contributed by atoms with E-state index in [1.54, 1.807) is 5.38 Å². The van der Waals surface area contributed by atoms with Crippen molar-refractivity contribution in [1.82, 2.24) is 10.3 Å². The Morgan fingerprint density at radius 2 is 2.44 bits per heavy atom. The Balaban J connectivity index is 2.41. The number of aromatic amines is 1. The van der Waals surface area contributed by atoms with E-state index in [9.17, 15) is 14.7 Å². The van der Waals surface area contributed by atoms with Crippen LogP contribution in [0.3, 0.4) is 0 Å². The number of ether oxygens (including phenoxy) is 1. The van der Waals surface area contributed by atoms with Gasteiger partial charge in [-0.25, -0.2) is 4.79 Å². The number of aromatic nitrogens is 1. The zero-order valence-electron chi connectivity index (χ0n) is 9.07. The molecule has 6 nitrogen and oxygen atoms in total. The van der Waals surface area contributed by atoms with E-state index in [0.29, 0.717) is 6.54 Å². The Kier molecular flexibility index (Phi) is 4.22. The first-order valence-electron chi connectivity index (χ1n) is 4.64. The summed E-state index contributed by atoms with van der Waals surface area (Å²) in [6.07, 6.45) is 0. The molecule has 0 amide bonds. The van der Waals surface area contributed by atoms with Crippen LogP contribution in [0.2, 0.25) is 0 Å². The van der Waals surface area contributed by atoms with Crippen LogP contribution in [0, 0.1) is 0 Å². The molecular formula is C9H14N2O4S. The van der Waals surface area contributed by atoms with E-state index in [1.165, 1.54) is 14.0 Å². The third-order valence-electron chi connectivity index (χ3n) is 1.98. The van der Waals surface area contributed by atoms with Crippen molar-refractivity contribution < 1.29 is 14.6 Å². The number of H-pyrrole nitrogens is 1. The molecule has 0 aliphatic heterocycles. The van der Waals surface area contributed by atoms with E-state index in [0.717, 1.165) is 17.0 Å². The van der Waals surface area contributed by atoms with Gasteiger partial charge in [0.15, 0.2) is 5.60 Å². The molecule has 1 aromatic heterocycles. The minimum absolute atomic E-state index is 0.0531. The van der Waals surface area contributed by atoms with E-state index in [4.69, 9.17) is 0 Å². The summed E-state index contributed by atoms with van der Waals surface area (Å²) in [4.78, 5) is 24.4. The lowest BCUT2D eigenvalue weighted by molar-refractivity contribution is -0.159. The number of carbonyl (C=O) groups is 1. The number of aliphatic hydroxyl groups is 1. The molecule has 0 fully saturated rings. The van der Waals surface area contributed by atoms with Gasteiger partial charge in [-0.15, -0.1) is 0 Å². The molecule has 1 rings (SSSR count). The summed E-state index contributed by atoms with van der Waals surface area (Å²) in [7, 11) is 1.22. The van der Waals surface area contributed by atoms with Crippen LogP contribution in [-0.4, -0.2) is 35.3 Å². The molecule has 16 heavy (non-hydrogen) atoms. The molecule has 0 bridgehead atoms. The first-order chi connectivity index (χ1) is 7.45. The standard InChI is InChI=1S/C9H14N2O4S/c1-9(14,7(12)15-2)5-10-3-6-4-16-8(13)11-6/h4,10,14H,3,5H2,1-2H3,(H,11,13). The van der Waals surface area contributed by atoms with Gasteiger partial charge in [0.1, 0.15) is 0 Å². The number of methoxy groups -OCH3 is 1. The third-order valence-corrected chi connectivity index (χ3v) is 2.70. The summed E-state index contributed by atoms with van der Waals surface area (Å²) < 4.78 is 4.44. The monoisotopic (exact) mass is 246 g/mol. The number of esters is 1. The van der Waals surface area contributed by atoms with Crippen molar-refractivity contribution in [2.75, 3.05) is 13.7 Å². The van der Waals surface area contributed by atoms with Crippen molar-refractivity contribution in [3.05, 3.63) is 20.7 Å². The van der Waals surface area contributed by atoms with Crippen molar-refractivity contribution in [3.8, 4) is 0 Å². The summed E-state index contributed by atoms with van der Waals surface area (Å²) in [5.74, 6) is -0.696. The largest absolute Gasteiger partial charge is 0.467 e. The van der Waals surface area contributed by atoms with Crippen LogP contribution in [0.25, 0.3) is 0 Å². The van der Waals surface area contributed by atoms with Crippen molar-refractivity contribution >= 4 is 17.3 Å². The topological polar surface area (TPSA) is 91.4 Å². The number of nitrogens with one attached hydrogen (secondary N) is 2. The van der Waals surface area contributed by atoms with Gasteiger partial charge in [0.05, 0.1) is 7.11 Å². The molecule has 0 aromatic carbocycles. The number of carbonyl (C=O) groups excluding carboxylic acids is 1. The maximum absolute atomic E-state index is 11.1. The Bertz CT molecular complexity index is 410. The second-order valence-electron chi connectivity index (χ2n) is 3.54. The fourth-order valence-corrected chi connectivity index (χ4v) is 1.71. The summed E-state index contributed by atoms with van der Waals surface area (Å²) in [6.45, 7) is 1.80. The molecule has 0 saturated carbocycles. The zero-order valence-corrected chi connectivity index (χ0v) is 9.89. The fraction of sp³-hybridized carbons (Fsp3) is 0.556. The summed E-state index contributed by atoms with van der Waals surface area (Å²) in [6, 6.07) is 0. The van der Waals surface area contributed by atoms with Gasteiger partial charge in [-0.3, -0.25) is 4.79 Å². The Morgan fingerprint density at radius 3 is 2.94 bits per heavy atom. The van der Waals surface area contributed by atoms with Gasteiger partial charge in [0, 0.05) is 24.2 Å². The molecule has 1 aromatic rings. The average molecular weight is 246 g/mol. The molecule has 0 saturated heterocycles. The predicted molar refractivity (Wildman–Crippen MR) is 59.3 cm³/mol. The SMILES string of the molecule is COC(=O)C(C)(O)CNCc1csc(=O)[nH]1. The second-order valence-corrected chi connectivity index (χ2v) is 4.38. The highest BCUT2D eigenvalue weighted by Gasteiger charge is 2.30. The minimum Gasteiger partial charge on any atom is -0.467 e. The fourth-order valence-electron chi connectivity index (χ4n) is 1.13. The molecule has 7 heteroatoms. The zero-order chi connectivity index (χ0) is 12.2. The molecule has 1 heterocycles. The maximum Gasteiger partial charge on any atom is 0.338 e. The Labute approximate surface area is 96.3 Å². The molecule has 0 radical (unpaired) electrons. The lowest BCUT2D eigenvalue weighted by atomic mass is 10.1. The molecule has 0 aliphatic rings. The molecule has 0 aliphatic carbocycles. The van der Waals surface area contributed by atoms with E-state index in [1.807, 2.05) is 0 Å². The molecule has 1 atom stereocenters. The first kappa shape index (κ1) is 12.9. The van der Waals surface area contributed by atoms with Crippen molar-refractivity contribution in [2.24, 2.45) is 0 Å². The number of thiazole rings is 1. The smallest absolute Gasteiger partial charge is 0.338 e. The van der Waals surface area contributed by atoms with E-state index < -0.39 is 11.6 Å². The van der Waals surface area contributed by atoms with Gasteiger partial charge < -0.3 is 20.1 Å². The van der Waals surface area contributed by atoms with Crippen LogP contribution in [0.4, 0.5) is 0 Å². The lowest BCUT2D eigenvalue weighted by Gasteiger charge is -2.20. The third kappa shape index (κ3) is 3.44. The van der Waals surface area contributed by atoms with Crippen LogP contribution in [0.1, 0.15) is 12.6 Å². The highest BCUT2D eigenvalue weighted by molar-refractivity contribution is 7.07. The number of hydrogen-bond donors (Lipinski definition) is 3. The summed E-state index contributed by atoms with van der Waals surface area (Å²) in [5, 5.41) is 14.2. The molecule has 3 N–H and O–H groups in total. The summed E-state index contributed by atoms with van der Waals surface area (Å²) >= 11 is 1.07. The van der Waals surface area contributed by atoms with Crippen molar-refractivity contribution in [2.45, 2.75) is 19.1 Å². The lowest BCUT2D eigenvalue weighted by Crippen LogP contribution is -2.45. The second kappa shape index (κ2) is 5.24. The average Bonchev–Trinajstić information content (AvgIpc) is 2.62. The van der Waals surface area contributed by atoms with Crippen LogP contribution in [-0.2, 0) is 16.1 Å². The summed E-state index contributed by atoms with van der Waals surface area (Å²) in [5.41, 5.74) is -0.846.